The van der Waals surface area contributed by atoms with Gasteiger partial charge >= 0.3 is 5.97 Å². The average Bonchev–Trinajstić information content (AvgIpc) is 2.23. The van der Waals surface area contributed by atoms with Crippen molar-refractivity contribution in [3.8, 4) is 0 Å². The number of halogens is 1. The number of hydrogen-bond donors (Lipinski definition) is 2. The first-order chi connectivity index (χ1) is 7.61. The fourth-order valence-electron chi connectivity index (χ4n) is 0.982. The van der Waals surface area contributed by atoms with Gasteiger partial charge < -0.3 is 15.2 Å². The second-order valence-electron chi connectivity index (χ2n) is 2.99. The molecule has 88 valence electrons. The van der Waals surface area contributed by atoms with Gasteiger partial charge in [-0.15, -0.1) is 0 Å². The number of carboxylic acid groups (broad SMARTS) is 1. The number of aliphatic carboxylic acids is 1. The molecule has 1 aromatic rings. The Morgan fingerprint density at radius 3 is 3.06 bits per heavy atom. The fraction of sp³-hybridized carbons (Fsp3) is 0.444. The van der Waals surface area contributed by atoms with E-state index in [-0.39, 0.29) is 31.3 Å². The van der Waals surface area contributed by atoms with Crippen molar-refractivity contribution in [2.24, 2.45) is 0 Å². The van der Waals surface area contributed by atoms with Gasteiger partial charge in [-0.3, -0.25) is 0 Å². The van der Waals surface area contributed by atoms with Crippen LogP contribution in [0, 0.1) is 12.7 Å². The maximum atomic E-state index is 13.3. The van der Waals surface area contributed by atoms with Gasteiger partial charge in [0.05, 0.1) is 12.3 Å². The predicted octanol–water partition coefficient (Wildman–Crippen LogP) is 0.437. The molecule has 0 spiro atoms. The van der Waals surface area contributed by atoms with Crippen LogP contribution in [0.2, 0.25) is 0 Å². The molecule has 0 aliphatic carbocycles. The second kappa shape index (κ2) is 5.96. The molecule has 1 heterocycles. The van der Waals surface area contributed by atoms with Gasteiger partial charge in [0.1, 0.15) is 12.9 Å². The number of anilines is 1. The second-order valence-corrected chi connectivity index (χ2v) is 2.99. The SMILES string of the molecule is Cc1ncnc(NCCOCC(=O)O)c1F. The van der Waals surface area contributed by atoms with E-state index in [0.717, 1.165) is 0 Å². The van der Waals surface area contributed by atoms with E-state index in [9.17, 15) is 9.18 Å². The Morgan fingerprint density at radius 1 is 1.62 bits per heavy atom. The van der Waals surface area contributed by atoms with E-state index in [1.807, 2.05) is 0 Å². The molecule has 0 aromatic carbocycles. The molecule has 0 saturated carbocycles. The summed E-state index contributed by atoms with van der Waals surface area (Å²) in [6, 6.07) is 0. The van der Waals surface area contributed by atoms with Crippen LogP contribution < -0.4 is 5.32 Å². The van der Waals surface area contributed by atoms with Gasteiger partial charge in [-0.05, 0) is 6.92 Å². The third-order valence-electron chi connectivity index (χ3n) is 1.73. The Hall–Kier alpha value is -1.76. The van der Waals surface area contributed by atoms with Crippen LogP contribution in [0.1, 0.15) is 5.69 Å². The van der Waals surface area contributed by atoms with Crippen LogP contribution in [0.15, 0.2) is 6.33 Å². The molecule has 0 radical (unpaired) electrons. The average molecular weight is 229 g/mol. The van der Waals surface area contributed by atoms with E-state index in [0.29, 0.717) is 0 Å². The number of rotatable bonds is 6. The minimum Gasteiger partial charge on any atom is -0.480 e. The number of nitrogens with one attached hydrogen (secondary N) is 1. The number of carboxylic acids is 1. The molecule has 0 fully saturated rings. The van der Waals surface area contributed by atoms with Crippen molar-refractivity contribution in [1.29, 1.82) is 0 Å². The smallest absolute Gasteiger partial charge is 0.329 e. The largest absolute Gasteiger partial charge is 0.480 e. The molecule has 0 aliphatic heterocycles. The number of carbonyl (C=O) groups is 1. The van der Waals surface area contributed by atoms with Crippen molar-refractivity contribution in [3.63, 3.8) is 0 Å². The van der Waals surface area contributed by atoms with Crippen molar-refractivity contribution in [3.05, 3.63) is 17.8 Å². The number of nitrogens with zero attached hydrogens (tertiary/aromatic N) is 2. The Labute approximate surface area is 91.5 Å². The van der Waals surface area contributed by atoms with Gasteiger partial charge in [0.25, 0.3) is 0 Å². The predicted molar refractivity (Wildman–Crippen MR) is 53.7 cm³/mol. The first-order valence-electron chi connectivity index (χ1n) is 4.61. The Kier molecular flexibility index (Phi) is 4.59. The van der Waals surface area contributed by atoms with E-state index >= 15 is 0 Å². The standard InChI is InChI=1S/C9H12FN3O3/c1-6-8(10)9(13-5-12-6)11-2-3-16-4-7(14)15/h5H,2-4H2,1H3,(H,14,15)(H,11,12,13). The monoisotopic (exact) mass is 229 g/mol. The molecule has 0 bridgehead atoms. The molecular weight excluding hydrogens is 217 g/mol. The van der Waals surface area contributed by atoms with Crippen molar-refractivity contribution in [2.75, 3.05) is 25.1 Å². The Bertz CT molecular complexity index is 373. The molecule has 0 aliphatic rings. The highest BCUT2D eigenvalue weighted by molar-refractivity contribution is 5.67. The molecule has 2 N–H and O–H groups in total. The van der Waals surface area contributed by atoms with Crippen LogP contribution >= 0.6 is 0 Å². The lowest BCUT2D eigenvalue weighted by atomic mass is 10.4. The third-order valence-corrected chi connectivity index (χ3v) is 1.73. The fourth-order valence-corrected chi connectivity index (χ4v) is 0.982. The lowest BCUT2D eigenvalue weighted by molar-refractivity contribution is -0.142. The van der Waals surface area contributed by atoms with Crippen LogP contribution in [0.5, 0.6) is 0 Å². The summed E-state index contributed by atoms with van der Waals surface area (Å²) in [5.41, 5.74) is 0.254. The minimum absolute atomic E-state index is 0.0893. The molecule has 0 saturated heterocycles. The molecule has 0 amide bonds. The zero-order chi connectivity index (χ0) is 12.0. The maximum absolute atomic E-state index is 13.3. The van der Waals surface area contributed by atoms with Gasteiger partial charge in [0, 0.05) is 6.54 Å². The number of hydrogen-bond acceptors (Lipinski definition) is 5. The Balaban J connectivity index is 2.32. The molecule has 0 unspecified atom stereocenters. The molecule has 7 heteroatoms. The van der Waals surface area contributed by atoms with Crippen molar-refractivity contribution >= 4 is 11.8 Å². The molecule has 1 rings (SSSR count). The topological polar surface area (TPSA) is 84.3 Å². The van der Waals surface area contributed by atoms with Crippen LogP contribution in [0.4, 0.5) is 10.2 Å². The quantitative estimate of drug-likeness (QED) is 0.688. The summed E-state index contributed by atoms with van der Waals surface area (Å²) in [6.07, 6.45) is 1.25. The van der Waals surface area contributed by atoms with Crippen molar-refractivity contribution in [1.82, 2.24) is 9.97 Å². The highest BCUT2D eigenvalue weighted by Crippen LogP contribution is 2.10. The summed E-state index contributed by atoms with van der Waals surface area (Å²) in [6.45, 7) is 1.60. The van der Waals surface area contributed by atoms with Crippen molar-refractivity contribution < 1.29 is 19.0 Å². The number of ether oxygens (including phenoxy) is 1. The van der Waals surface area contributed by atoms with Gasteiger partial charge in [-0.2, -0.15) is 0 Å². The lowest BCUT2D eigenvalue weighted by Gasteiger charge is -2.06. The van der Waals surface area contributed by atoms with E-state index in [2.05, 4.69) is 15.3 Å². The Morgan fingerprint density at radius 2 is 2.38 bits per heavy atom. The van der Waals surface area contributed by atoms with Crippen LogP contribution in [-0.2, 0) is 9.53 Å². The van der Waals surface area contributed by atoms with E-state index in [1.165, 1.54) is 13.3 Å². The highest BCUT2D eigenvalue weighted by atomic mass is 19.1. The summed E-state index contributed by atoms with van der Waals surface area (Å²) in [7, 11) is 0. The van der Waals surface area contributed by atoms with E-state index < -0.39 is 11.8 Å². The molecule has 0 atom stereocenters. The summed E-state index contributed by atoms with van der Waals surface area (Å²) in [4.78, 5) is 17.5. The molecule has 6 nitrogen and oxygen atoms in total. The van der Waals surface area contributed by atoms with Crippen molar-refractivity contribution in [2.45, 2.75) is 6.92 Å². The number of aromatic nitrogens is 2. The maximum Gasteiger partial charge on any atom is 0.329 e. The molecular formula is C9H12FN3O3. The minimum atomic E-state index is -1.04. The van der Waals surface area contributed by atoms with Gasteiger partial charge in [-0.1, -0.05) is 0 Å². The van der Waals surface area contributed by atoms with Crippen LogP contribution in [-0.4, -0.2) is 40.8 Å². The van der Waals surface area contributed by atoms with Gasteiger partial charge in [0.2, 0.25) is 0 Å². The normalized spacial score (nSPS) is 10.1. The highest BCUT2D eigenvalue weighted by Gasteiger charge is 2.06. The van der Waals surface area contributed by atoms with Gasteiger partial charge in [0.15, 0.2) is 11.6 Å². The third kappa shape index (κ3) is 3.77. The summed E-state index contributed by atoms with van der Waals surface area (Å²) < 4.78 is 18.1. The summed E-state index contributed by atoms with van der Waals surface area (Å²) >= 11 is 0. The van der Waals surface area contributed by atoms with E-state index in [1.54, 1.807) is 0 Å². The molecule has 16 heavy (non-hydrogen) atoms. The summed E-state index contributed by atoms with van der Waals surface area (Å²) in [5, 5.41) is 11.0. The molecule has 1 aromatic heterocycles. The summed E-state index contributed by atoms with van der Waals surface area (Å²) in [5.74, 6) is -1.46. The lowest BCUT2D eigenvalue weighted by Crippen LogP contribution is -2.15. The first kappa shape index (κ1) is 12.3. The number of aryl methyl sites for hydroxylation is 1. The van der Waals surface area contributed by atoms with Crippen LogP contribution in [0.25, 0.3) is 0 Å². The van der Waals surface area contributed by atoms with Gasteiger partial charge in [-0.25, -0.2) is 19.2 Å². The first-order valence-corrected chi connectivity index (χ1v) is 4.61. The van der Waals surface area contributed by atoms with E-state index in [4.69, 9.17) is 9.84 Å². The van der Waals surface area contributed by atoms with Crippen LogP contribution in [0.3, 0.4) is 0 Å². The zero-order valence-electron chi connectivity index (χ0n) is 8.73. The zero-order valence-corrected chi connectivity index (χ0v) is 8.73.